The summed E-state index contributed by atoms with van der Waals surface area (Å²) in [6.07, 6.45) is 0. The van der Waals surface area contributed by atoms with Crippen molar-refractivity contribution in [3.05, 3.63) is 35.4 Å². The summed E-state index contributed by atoms with van der Waals surface area (Å²) < 4.78 is 53.0. The van der Waals surface area contributed by atoms with E-state index in [9.17, 15) is 17.6 Å². The van der Waals surface area contributed by atoms with E-state index in [0.29, 0.717) is 11.3 Å². The van der Waals surface area contributed by atoms with Crippen LogP contribution in [0.1, 0.15) is 5.56 Å². The molecular weight excluding hydrogens is 296 g/mol. The molecule has 20 heavy (non-hydrogen) atoms. The van der Waals surface area contributed by atoms with E-state index in [1.807, 2.05) is 0 Å². The van der Waals surface area contributed by atoms with E-state index < -0.39 is 24.9 Å². The smallest absolute Gasteiger partial charge is 0.329 e. The van der Waals surface area contributed by atoms with Crippen molar-refractivity contribution in [3.63, 3.8) is 0 Å². The van der Waals surface area contributed by atoms with Crippen LogP contribution in [0.4, 0.5) is 23.2 Å². The molecule has 0 radical (unpaired) electrons. The Bertz CT molecular complexity index is 529. The van der Waals surface area contributed by atoms with E-state index in [4.69, 9.17) is 11.6 Å². The van der Waals surface area contributed by atoms with Gasteiger partial charge in [0, 0.05) is 24.0 Å². The van der Waals surface area contributed by atoms with Crippen molar-refractivity contribution >= 4 is 23.0 Å². The Morgan fingerprint density at radius 2 is 1.80 bits per heavy atom. The molecule has 2 nitrogen and oxygen atoms in total. The lowest BCUT2D eigenvalue weighted by Crippen LogP contribution is -2.38. The van der Waals surface area contributed by atoms with Crippen molar-refractivity contribution in [1.82, 2.24) is 4.90 Å². The van der Waals surface area contributed by atoms with Gasteiger partial charge in [-0.2, -0.15) is 17.6 Å². The third-order valence-electron chi connectivity index (χ3n) is 3.27. The average Bonchev–Trinajstić information content (AvgIpc) is 2.57. The molecule has 1 N–H and O–H groups in total. The number of hydrogen-bond donors (Lipinski definition) is 1. The minimum atomic E-state index is -4.07. The number of likely N-dealkylation sites (tertiary alicyclic amines) is 1. The summed E-state index contributed by atoms with van der Waals surface area (Å²) in [5.41, 5.74) is 0.947. The third kappa shape index (κ3) is 2.32. The molecule has 1 aliphatic heterocycles. The van der Waals surface area contributed by atoms with Crippen LogP contribution in [0.15, 0.2) is 24.8 Å². The topological polar surface area (TPSA) is 15.3 Å². The lowest BCUT2D eigenvalue weighted by atomic mass is 10.1. The van der Waals surface area contributed by atoms with E-state index in [0.717, 1.165) is 4.90 Å². The minimum absolute atomic E-state index is 0.0526. The van der Waals surface area contributed by atoms with Crippen LogP contribution in [0.3, 0.4) is 0 Å². The summed E-state index contributed by atoms with van der Waals surface area (Å²) in [6.45, 7) is 1.49. The first-order chi connectivity index (χ1) is 9.19. The summed E-state index contributed by atoms with van der Waals surface area (Å²) in [4.78, 5) is 0.863. The van der Waals surface area contributed by atoms with Crippen LogP contribution in [0, 0.1) is 0 Å². The number of halogens is 5. The maximum Gasteiger partial charge on any atom is 0.329 e. The van der Waals surface area contributed by atoms with Crippen LogP contribution in [-0.4, -0.2) is 36.9 Å². The molecule has 1 saturated heterocycles. The molecule has 1 heterocycles. The molecule has 0 atom stereocenters. The Balaban J connectivity index is 2.35. The average molecular weight is 309 g/mol. The summed E-state index contributed by atoms with van der Waals surface area (Å²) >= 11 is 6.02. The monoisotopic (exact) mass is 308 g/mol. The zero-order chi connectivity index (χ0) is 15.1. The maximum atomic E-state index is 13.2. The highest BCUT2D eigenvalue weighted by atomic mass is 35.5. The van der Waals surface area contributed by atoms with Crippen molar-refractivity contribution in [1.29, 1.82) is 0 Å². The van der Waals surface area contributed by atoms with Gasteiger partial charge in [0.2, 0.25) is 0 Å². The first kappa shape index (κ1) is 15.0. The van der Waals surface area contributed by atoms with Gasteiger partial charge in [-0.15, -0.1) is 0 Å². The second-order valence-corrected chi connectivity index (χ2v) is 5.03. The summed E-state index contributed by atoms with van der Waals surface area (Å²) in [6, 6.07) is 4.88. The number of rotatable bonds is 3. The number of anilines is 1. The molecule has 1 fully saturated rings. The van der Waals surface area contributed by atoms with E-state index in [1.54, 1.807) is 25.2 Å². The Morgan fingerprint density at radius 3 is 2.30 bits per heavy atom. The van der Waals surface area contributed by atoms with E-state index in [2.05, 4.69) is 11.9 Å². The van der Waals surface area contributed by atoms with Gasteiger partial charge in [0.15, 0.2) is 0 Å². The third-order valence-corrected chi connectivity index (χ3v) is 3.58. The SMILES string of the molecule is C=C(c1c(Cl)cccc1NC)N1CC(F)(F)C(F)(F)C1. The minimum Gasteiger partial charge on any atom is -0.388 e. The van der Waals surface area contributed by atoms with Gasteiger partial charge < -0.3 is 10.2 Å². The molecular formula is C13H13ClF4N2. The molecule has 0 bridgehead atoms. The molecule has 0 spiro atoms. The van der Waals surface area contributed by atoms with Gasteiger partial charge in [-0.25, -0.2) is 0 Å². The van der Waals surface area contributed by atoms with Crippen LogP contribution < -0.4 is 5.32 Å². The highest BCUT2D eigenvalue weighted by molar-refractivity contribution is 6.32. The molecule has 1 aromatic carbocycles. The van der Waals surface area contributed by atoms with Crippen LogP contribution >= 0.6 is 11.6 Å². The first-order valence-corrected chi connectivity index (χ1v) is 6.23. The number of benzene rings is 1. The molecule has 2 rings (SSSR count). The van der Waals surface area contributed by atoms with Gasteiger partial charge in [0.25, 0.3) is 0 Å². The fraction of sp³-hybridized carbons (Fsp3) is 0.385. The fourth-order valence-electron chi connectivity index (χ4n) is 2.14. The van der Waals surface area contributed by atoms with Crippen molar-refractivity contribution in [2.24, 2.45) is 0 Å². The van der Waals surface area contributed by atoms with Gasteiger partial charge in [-0.1, -0.05) is 24.2 Å². The highest BCUT2D eigenvalue weighted by Crippen LogP contribution is 2.44. The van der Waals surface area contributed by atoms with Gasteiger partial charge in [-0.3, -0.25) is 0 Å². The second-order valence-electron chi connectivity index (χ2n) is 4.62. The Morgan fingerprint density at radius 1 is 1.25 bits per heavy atom. The molecule has 7 heteroatoms. The second kappa shape index (κ2) is 4.84. The summed E-state index contributed by atoms with van der Waals surface area (Å²) in [5.74, 6) is -8.14. The van der Waals surface area contributed by atoms with Gasteiger partial charge in [-0.05, 0) is 12.1 Å². The zero-order valence-electron chi connectivity index (χ0n) is 10.7. The lowest BCUT2D eigenvalue weighted by molar-refractivity contribution is -0.172. The first-order valence-electron chi connectivity index (χ1n) is 5.86. The number of hydrogen-bond acceptors (Lipinski definition) is 2. The molecule has 0 aliphatic carbocycles. The summed E-state index contributed by atoms with van der Waals surface area (Å²) in [7, 11) is 1.62. The van der Waals surface area contributed by atoms with Gasteiger partial charge >= 0.3 is 11.8 Å². The number of alkyl halides is 4. The Kier molecular flexibility index (Phi) is 3.62. The quantitative estimate of drug-likeness (QED) is 0.851. The van der Waals surface area contributed by atoms with E-state index >= 15 is 0 Å². The number of nitrogens with one attached hydrogen (secondary N) is 1. The fourth-order valence-corrected chi connectivity index (χ4v) is 2.42. The van der Waals surface area contributed by atoms with Crippen molar-refractivity contribution in [3.8, 4) is 0 Å². The summed E-state index contributed by atoms with van der Waals surface area (Å²) in [5, 5.41) is 3.10. The van der Waals surface area contributed by atoms with Crippen LogP contribution in [0.2, 0.25) is 5.02 Å². The van der Waals surface area contributed by atoms with Crippen LogP contribution in [-0.2, 0) is 0 Å². The van der Waals surface area contributed by atoms with Crippen molar-refractivity contribution < 1.29 is 17.6 Å². The van der Waals surface area contributed by atoms with E-state index in [1.165, 1.54) is 0 Å². The zero-order valence-corrected chi connectivity index (χ0v) is 11.4. The highest BCUT2D eigenvalue weighted by Gasteiger charge is 2.63. The molecule has 110 valence electrons. The van der Waals surface area contributed by atoms with Crippen LogP contribution in [0.5, 0.6) is 0 Å². The molecule has 0 amide bonds. The molecule has 1 aliphatic rings. The maximum absolute atomic E-state index is 13.2. The largest absolute Gasteiger partial charge is 0.388 e. The normalized spacial score (nSPS) is 20.0. The molecule has 0 aromatic heterocycles. The standard InChI is InChI=1S/C13H13ClF4N2/c1-8(11-9(14)4-3-5-10(11)19-2)20-6-12(15,16)13(17,18)7-20/h3-5,19H,1,6-7H2,2H3. The number of nitrogens with zero attached hydrogens (tertiary/aromatic N) is 1. The van der Waals surface area contributed by atoms with Crippen molar-refractivity contribution in [2.45, 2.75) is 11.8 Å². The lowest BCUT2D eigenvalue weighted by Gasteiger charge is -2.23. The van der Waals surface area contributed by atoms with Gasteiger partial charge in [0.1, 0.15) is 0 Å². The molecule has 0 unspecified atom stereocenters. The Labute approximate surface area is 119 Å². The van der Waals surface area contributed by atoms with Crippen LogP contribution in [0.25, 0.3) is 5.70 Å². The Hall–Kier alpha value is -1.43. The van der Waals surface area contributed by atoms with Crippen molar-refractivity contribution in [2.75, 3.05) is 25.5 Å². The van der Waals surface area contributed by atoms with Gasteiger partial charge in [0.05, 0.1) is 18.1 Å². The predicted octanol–water partition coefficient (Wildman–Crippen LogP) is 3.94. The predicted molar refractivity (Wildman–Crippen MR) is 71.5 cm³/mol. The molecule has 0 saturated carbocycles. The molecule has 1 aromatic rings. The van der Waals surface area contributed by atoms with E-state index in [-0.39, 0.29) is 10.7 Å².